The lowest BCUT2D eigenvalue weighted by molar-refractivity contribution is 0.231. The highest BCUT2D eigenvalue weighted by Gasteiger charge is 2.13. The largest absolute Gasteiger partial charge is 0.338 e. The molecule has 0 bridgehead atoms. The third kappa shape index (κ3) is 9.81. The molecule has 0 saturated carbocycles. The molecule has 0 fully saturated rings. The summed E-state index contributed by atoms with van der Waals surface area (Å²) in [5.41, 5.74) is 0.137. The molecule has 96 valence electrons. The van der Waals surface area contributed by atoms with E-state index in [2.05, 4.69) is 52.2 Å². The van der Waals surface area contributed by atoms with E-state index in [4.69, 9.17) is 0 Å². The zero-order chi connectivity index (χ0) is 12.8. The minimum Gasteiger partial charge on any atom is -0.338 e. The number of urea groups is 1. The van der Waals surface area contributed by atoms with Gasteiger partial charge in [-0.3, -0.25) is 0 Å². The van der Waals surface area contributed by atoms with Crippen molar-refractivity contribution in [3.05, 3.63) is 0 Å². The summed E-state index contributed by atoms with van der Waals surface area (Å²) in [4.78, 5) is 11.5. The fourth-order valence-corrected chi connectivity index (χ4v) is 1.28. The van der Waals surface area contributed by atoms with Gasteiger partial charge in [-0.1, -0.05) is 34.6 Å². The van der Waals surface area contributed by atoms with E-state index in [0.717, 1.165) is 12.8 Å². The standard InChI is InChI=1S/C13H28N2O/c1-10(2)7-8-11(3)15-12(16)14-9-13(4,5)6/h10-11H,7-9H2,1-6H3,(H2,14,15,16). The molecule has 0 aliphatic carbocycles. The topological polar surface area (TPSA) is 41.1 Å². The average molecular weight is 228 g/mol. The maximum Gasteiger partial charge on any atom is 0.315 e. The van der Waals surface area contributed by atoms with Crippen LogP contribution in [0.3, 0.4) is 0 Å². The Morgan fingerprint density at radius 3 is 2.12 bits per heavy atom. The van der Waals surface area contributed by atoms with E-state index < -0.39 is 0 Å². The van der Waals surface area contributed by atoms with Crippen LogP contribution in [0.1, 0.15) is 54.4 Å². The molecule has 0 rings (SSSR count). The van der Waals surface area contributed by atoms with Crippen LogP contribution in [0, 0.1) is 11.3 Å². The fourth-order valence-electron chi connectivity index (χ4n) is 1.28. The van der Waals surface area contributed by atoms with Crippen LogP contribution in [0.2, 0.25) is 0 Å². The SMILES string of the molecule is CC(C)CCC(C)NC(=O)NCC(C)(C)C. The van der Waals surface area contributed by atoms with Crippen LogP contribution in [0.5, 0.6) is 0 Å². The molecule has 2 N–H and O–H groups in total. The minimum absolute atomic E-state index is 0.0498. The van der Waals surface area contributed by atoms with Gasteiger partial charge in [0.15, 0.2) is 0 Å². The molecule has 0 aromatic carbocycles. The van der Waals surface area contributed by atoms with Crippen molar-refractivity contribution in [2.45, 2.75) is 60.4 Å². The lowest BCUT2D eigenvalue weighted by Gasteiger charge is -2.21. The van der Waals surface area contributed by atoms with E-state index in [1.54, 1.807) is 0 Å². The summed E-state index contributed by atoms with van der Waals surface area (Å²) in [5, 5.41) is 5.85. The molecule has 0 heterocycles. The number of nitrogens with one attached hydrogen (secondary N) is 2. The summed E-state index contributed by atoms with van der Waals surface area (Å²) < 4.78 is 0. The first-order chi connectivity index (χ1) is 7.20. The smallest absolute Gasteiger partial charge is 0.315 e. The second kappa shape index (κ2) is 6.77. The number of hydrogen-bond donors (Lipinski definition) is 2. The zero-order valence-electron chi connectivity index (χ0n) is 11.7. The van der Waals surface area contributed by atoms with Crippen molar-refractivity contribution in [3.63, 3.8) is 0 Å². The maximum absolute atomic E-state index is 11.5. The average Bonchev–Trinajstić information content (AvgIpc) is 2.10. The molecular formula is C13H28N2O. The summed E-state index contributed by atoms with van der Waals surface area (Å²) >= 11 is 0. The van der Waals surface area contributed by atoms with Crippen molar-refractivity contribution in [2.75, 3.05) is 6.54 Å². The van der Waals surface area contributed by atoms with Crippen LogP contribution in [0.15, 0.2) is 0 Å². The first kappa shape index (κ1) is 15.3. The van der Waals surface area contributed by atoms with Crippen molar-refractivity contribution in [1.82, 2.24) is 10.6 Å². The van der Waals surface area contributed by atoms with Crippen LogP contribution in [-0.4, -0.2) is 18.6 Å². The van der Waals surface area contributed by atoms with E-state index in [0.29, 0.717) is 12.5 Å². The molecule has 0 aliphatic heterocycles. The van der Waals surface area contributed by atoms with Gasteiger partial charge >= 0.3 is 6.03 Å². The zero-order valence-corrected chi connectivity index (χ0v) is 11.7. The summed E-state index contributed by atoms with van der Waals surface area (Å²) in [7, 11) is 0. The highest BCUT2D eigenvalue weighted by Crippen LogP contribution is 2.10. The Morgan fingerprint density at radius 1 is 1.12 bits per heavy atom. The quantitative estimate of drug-likeness (QED) is 0.745. The Hall–Kier alpha value is -0.730. The summed E-state index contributed by atoms with van der Waals surface area (Å²) in [6, 6.07) is 0.202. The summed E-state index contributed by atoms with van der Waals surface area (Å²) in [6.07, 6.45) is 2.20. The number of amides is 2. The van der Waals surface area contributed by atoms with Gasteiger partial charge in [0.05, 0.1) is 0 Å². The van der Waals surface area contributed by atoms with Crippen molar-refractivity contribution in [2.24, 2.45) is 11.3 Å². The molecule has 2 amide bonds. The third-order valence-corrected chi connectivity index (χ3v) is 2.33. The van der Waals surface area contributed by atoms with Crippen molar-refractivity contribution >= 4 is 6.03 Å². The molecule has 0 aliphatic rings. The minimum atomic E-state index is -0.0498. The van der Waals surface area contributed by atoms with Gasteiger partial charge in [-0.25, -0.2) is 4.79 Å². The molecule has 16 heavy (non-hydrogen) atoms. The highest BCUT2D eigenvalue weighted by atomic mass is 16.2. The Kier molecular flexibility index (Phi) is 6.46. The molecule has 0 spiro atoms. The monoisotopic (exact) mass is 228 g/mol. The number of carbonyl (C=O) groups is 1. The predicted octanol–water partition coefficient (Wildman–Crippen LogP) is 3.16. The van der Waals surface area contributed by atoms with Crippen LogP contribution >= 0.6 is 0 Å². The van der Waals surface area contributed by atoms with E-state index >= 15 is 0 Å². The van der Waals surface area contributed by atoms with Crippen molar-refractivity contribution in [1.29, 1.82) is 0 Å². The molecule has 0 radical (unpaired) electrons. The Bertz CT molecular complexity index is 206. The molecule has 1 atom stereocenters. The lowest BCUT2D eigenvalue weighted by atomic mass is 9.97. The molecule has 1 unspecified atom stereocenters. The Labute approximate surface area is 100 Å². The van der Waals surface area contributed by atoms with Gasteiger partial charge in [0.1, 0.15) is 0 Å². The number of carbonyl (C=O) groups excluding carboxylic acids is 1. The molecule has 0 aromatic rings. The highest BCUT2D eigenvalue weighted by molar-refractivity contribution is 5.74. The van der Waals surface area contributed by atoms with Gasteiger partial charge in [-0.15, -0.1) is 0 Å². The Morgan fingerprint density at radius 2 is 1.69 bits per heavy atom. The van der Waals surface area contributed by atoms with E-state index in [1.165, 1.54) is 0 Å². The van der Waals surface area contributed by atoms with Gasteiger partial charge < -0.3 is 10.6 Å². The maximum atomic E-state index is 11.5. The molecule has 0 saturated heterocycles. The van der Waals surface area contributed by atoms with E-state index in [1.807, 2.05) is 0 Å². The third-order valence-electron chi connectivity index (χ3n) is 2.33. The lowest BCUT2D eigenvalue weighted by Crippen LogP contribution is -2.43. The summed E-state index contributed by atoms with van der Waals surface area (Å²) in [5.74, 6) is 0.696. The van der Waals surface area contributed by atoms with Crippen LogP contribution in [0.4, 0.5) is 4.79 Å². The molecule has 3 heteroatoms. The molecule has 3 nitrogen and oxygen atoms in total. The van der Waals surface area contributed by atoms with Gasteiger partial charge in [-0.2, -0.15) is 0 Å². The fraction of sp³-hybridized carbons (Fsp3) is 0.923. The van der Waals surface area contributed by atoms with Gasteiger partial charge in [0.25, 0.3) is 0 Å². The first-order valence-electron chi connectivity index (χ1n) is 6.25. The van der Waals surface area contributed by atoms with Gasteiger partial charge in [0, 0.05) is 12.6 Å². The second-order valence-electron chi connectivity index (χ2n) is 6.26. The van der Waals surface area contributed by atoms with Crippen molar-refractivity contribution < 1.29 is 4.79 Å². The first-order valence-corrected chi connectivity index (χ1v) is 6.25. The van der Waals surface area contributed by atoms with Gasteiger partial charge in [-0.05, 0) is 31.1 Å². The van der Waals surface area contributed by atoms with Crippen LogP contribution in [0.25, 0.3) is 0 Å². The van der Waals surface area contributed by atoms with Crippen molar-refractivity contribution in [3.8, 4) is 0 Å². The number of rotatable bonds is 5. The predicted molar refractivity (Wildman–Crippen MR) is 69.5 cm³/mol. The second-order valence-corrected chi connectivity index (χ2v) is 6.26. The van der Waals surface area contributed by atoms with E-state index in [-0.39, 0.29) is 17.5 Å². The molecular weight excluding hydrogens is 200 g/mol. The van der Waals surface area contributed by atoms with Crippen LogP contribution in [-0.2, 0) is 0 Å². The van der Waals surface area contributed by atoms with E-state index in [9.17, 15) is 4.79 Å². The normalized spacial score (nSPS) is 13.7. The summed E-state index contributed by atoms with van der Waals surface area (Å²) in [6.45, 7) is 13.5. The molecule has 0 aromatic heterocycles. The van der Waals surface area contributed by atoms with Gasteiger partial charge in [0.2, 0.25) is 0 Å². The Balaban J connectivity index is 3.70. The van der Waals surface area contributed by atoms with Crippen LogP contribution < -0.4 is 10.6 Å². The number of hydrogen-bond acceptors (Lipinski definition) is 1.